The van der Waals surface area contributed by atoms with Crippen molar-refractivity contribution in [2.45, 2.75) is 38.8 Å². The second kappa shape index (κ2) is 7.37. The molecule has 0 spiro atoms. The fourth-order valence-corrected chi connectivity index (χ4v) is 1.12. The van der Waals surface area contributed by atoms with E-state index in [1.165, 1.54) is 13.8 Å². The summed E-state index contributed by atoms with van der Waals surface area (Å²) in [5.41, 5.74) is 0. The molecule has 2 amide bonds. The van der Waals surface area contributed by atoms with E-state index >= 15 is 0 Å². The number of ketones is 1. The molecule has 2 atom stereocenters. The number of aliphatic carboxylic acids is 1. The Balaban J connectivity index is 4.33. The molecule has 0 heterocycles. The number of hydrogen-bond acceptors (Lipinski definition) is 4. The minimum atomic E-state index is -1.04. The first-order valence-corrected chi connectivity index (χ1v) is 5.10. The van der Waals surface area contributed by atoms with Crippen LogP contribution in [-0.4, -0.2) is 41.3 Å². The molecule has 0 aromatic rings. The highest BCUT2D eigenvalue weighted by molar-refractivity contribution is 5.90. The van der Waals surface area contributed by atoms with Crippen LogP contribution in [0.15, 0.2) is 0 Å². The minimum absolute atomic E-state index is 0.0320. The lowest BCUT2D eigenvalue weighted by Gasteiger charge is -2.17. The third kappa shape index (κ3) is 6.29. The summed E-state index contributed by atoms with van der Waals surface area (Å²) in [7, 11) is 0. The number of carboxylic acid groups (broad SMARTS) is 1. The number of carboxylic acids is 1. The quantitative estimate of drug-likeness (QED) is 0.477. The summed E-state index contributed by atoms with van der Waals surface area (Å²) in [6, 6.07) is -1.60. The Hall–Kier alpha value is -1.92. The molecule has 0 bridgehead atoms. The first kappa shape index (κ1) is 15.1. The van der Waals surface area contributed by atoms with Gasteiger partial charge < -0.3 is 15.7 Å². The molecular weight excluding hydrogens is 228 g/mol. The molecule has 7 heteroatoms. The summed E-state index contributed by atoms with van der Waals surface area (Å²) in [5.74, 6) is -1.88. The predicted octanol–water partition coefficient (Wildman–Crippen LogP) is -0.940. The predicted molar refractivity (Wildman–Crippen MR) is 58.1 cm³/mol. The highest BCUT2D eigenvalue weighted by atomic mass is 16.4. The molecule has 0 radical (unpaired) electrons. The maximum Gasteiger partial charge on any atom is 0.303 e. The van der Waals surface area contributed by atoms with Crippen molar-refractivity contribution in [3.63, 3.8) is 0 Å². The summed E-state index contributed by atoms with van der Waals surface area (Å²) in [5, 5.41) is 13.1. The first-order chi connectivity index (χ1) is 7.88. The highest BCUT2D eigenvalue weighted by Gasteiger charge is 2.20. The second-order valence-electron chi connectivity index (χ2n) is 3.61. The molecule has 96 valence electrons. The molecule has 0 aromatic heterocycles. The summed E-state index contributed by atoms with van der Waals surface area (Å²) in [6.07, 6.45) is 0.203. The van der Waals surface area contributed by atoms with Crippen LogP contribution in [0.1, 0.15) is 26.7 Å². The lowest BCUT2D eigenvalue weighted by Crippen LogP contribution is -2.48. The van der Waals surface area contributed by atoms with Gasteiger partial charge in [-0.05, 0) is 20.3 Å². The number of rotatable bonds is 8. The smallest absolute Gasteiger partial charge is 0.303 e. The highest BCUT2D eigenvalue weighted by Crippen LogP contribution is 1.99. The van der Waals surface area contributed by atoms with Gasteiger partial charge in [-0.1, -0.05) is 0 Å². The molecule has 3 N–H and O–H groups in total. The monoisotopic (exact) mass is 244 g/mol. The van der Waals surface area contributed by atoms with Gasteiger partial charge in [0.05, 0.1) is 6.04 Å². The minimum Gasteiger partial charge on any atom is -0.481 e. The van der Waals surface area contributed by atoms with E-state index in [1.54, 1.807) is 0 Å². The molecular formula is C10H16N2O5. The molecule has 0 fully saturated rings. The average Bonchev–Trinajstić information content (AvgIpc) is 2.23. The van der Waals surface area contributed by atoms with E-state index in [4.69, 9.17) is 5.11 Å². The summed E-state index contributed by atoms with van der Waals surface area (Å²) in [6.45, 7) is 2.72. The molecule has 0 saturated heterocycles. The zero-order valence-corrected chi connectivity index (χ0v) is 9.73. The lowest BCUT2D eigenvalue weighted by molar-refractivity contribution is -0.137. The Bertz CT molecular complexity index is 316. The standard InChI is InChI=1S/C10H16N2O5/c1-6(11-5-13)10(17)12-8(7(2)14)3-4-9(15)16/h5-6,8H,3-4H2,1-2H3,(H,11,13)(H,12,17)(H,15,16). The van der Waals surface area contributed by atoms with Crippen LogP contribution in [0.3, 0.4) is 0 Å². The third-order valence-electron chi connectivity index (χ3n) is 2.17. The van der Waals surface area contributed by atoms with E-state index in [-0.39, 0.29) is 18.6 Å². The Morgan fingerprint density at radius 1 is 1.35 bits per heavy atom. The van der Waals surface area contributed by atoms with E-state index in [1.807, 2.05) is 0 Å². The number of carbonyl (C=O) groups is 4. The van der Waals surface area contributed by atoms with Crippen LogP contribution in [0, 0.1) is 0 Å². The first-order valence-electron chi connectivity index (χ1n) is 5.10. The van der Waals surface area contributed by atoms with Crippen LogP contribution in [0.5, 0.6) is 0 Å². The third-order valence-corrected chi connectivity index (χ3v) is 2.17. The number of Topliss-reactive ketones (excluding diaryl/α,β-unsaturated/α-hetero) is 1. The van der Waals surface area contributed by atoms with Crippen molar-refractivity contribution in [2.75, 3.05) is 0 Å². The Labute approximate surface area is 98.6 Å². The van der Waals surface area contributed by atoms with Crippen molar-refractivity contribution < 1.29 is 24.3 Å². The van der Waals surface area contributed by atoms with E-state index in [0.29, 0.717) is 6.41 Å². The van der Waals surface area contributed by atoms with E-state index in [2.05, 4.69) is 10.6 Å². The van der Waals surface area contributed by atoms with Gasteiger partial charge in [-0.25, -0.2) is 0 Å². The van der Waals surface area contributed by atoms with Crippen LogP contribution >= 0.6 is 0 Å². The average molecular weight is 244 g/mol. The van der Waals surface area contributed by atoms with Crippen LogP contribution in [0.2, 0.25) is 0 Å². The van der Waals surface area contributed by atoms with Crippen LogP contribution < -0.4 is 10.6 Å². The summed E-state index contributed by atoms with van der Waals surface area (Å²) < 4.78 is 0. The molecule has 7 nitrogen and oxygen atoms in total. The number of amides is 2. The zero-order chi connectivity index (χ0) is 13.4. The number of carbonyl (C=O) groups excluding carboxylic acids is 3. The zero-order valence-electron chi connectivity index (χ0n) is 9.73. The van der Waals surface area contributed by atoms with E-state index < -0.39 is 24.0 Å². The van der Waals surface area contributed by atoms with Gasteiger partial charge in [0.1, 0.15) is 6.04 Å². The Morgan fingerprint density at radius 3 is 2.35 bits per heavy atom. The molecule has 2 unspecified atom stereocenters. The molecule has 0 aliphatic heterocycles. The van der Waals surface area contributed by atoms with E-state index in [0.717, 1.165) is 0 Å². The fraction of sp³-hybridized carbons (Fsp3) is 0.600. The van der Waals surface area contributed by atoms with Gasteiger partial charge in [0.25, 0.3) is 0 Å². The van der Waals surface area contributed by atoms with Gasteiger partial charge in [-0.2, -0.15) is 0 Å². The van der Waals surface area contributed by atoms with Gasteiger partial charge in [0.2, 0.25) is 12.3 Å². The van der Waals surface area contributed by atoms with Crippen molar-refractivity contribution in [1.29, 1.82) is 0 Å². The van der Waals surface area contributed by atoms with Gasteiger partial charge in [-0.3, -0.25) is 19.2 Å². The summed E-state index contributed by atoms with van der Waals surface area (Å²) >= 11 is 0. The second-order valence-corrected chi connectivity index (χ2v) is 3.61. The van der Waals surface area contributed by atoms with Gasteiger partial charge in [0.15, 0.2) is 5.78 Å². The van der Waals surface area contributed by atoms with Gasteiger partial charge in [0, 0.05) is 6.42 Å². The maximum atomic E-state index is 11.5. The van der Waals surface area contributed by atoms with E-state index in [9.17, 15) is 19.2 Å². The summed E-state index contributed by atoms with van der Waals surface area (Å²) in [4.78, 5) is 43.1. The largest absolute Gasteiger partial charge is 0.481 e. The van der Waals surface area contributed by atoms with Gasteiger partial charge in [-0.15, -0.1) is 0 Å². The van der Waals surface area contributed by atoms with Gasteiger partial charge >= 0.3 is 5.97 Å². The normalized spacial score (nSPS) is 13.3. The molecule has 17 heavy (non-hydrogen) atoms. The topological polar surface area (TPSA) is 113 Å². The maximum absolute atomic E-state index is 11.5. The fourth-order valence-electron chi connectivity index (χ4n) is 1.12. The Morgan fingerprint density at radius 2 is 1.94 bits per heavy atom. The van der Waals surface area contributed by atoms with Crippen LogP contribution in [0.25, 0.3) is 0 Å². The van der Waals surface area contributed by atoms with Crippen LogP contribution in [0.4, 0.5) is 0 Å². The van der Waals surface area contributed by atoms with Crippen molar-refractivity contribution in [3.05, 3.63) is 0 Å². The molecule has 0 saturated carbocycles. The van der Waals surface area contributed by atoms with Crippen molar-refractivity contribution in [1.82, 2.24) is 10.6 Å². The van der Waals surface area contributed by atoms with Crippen molar-refractivity contribution in [3.8, 4) is 0 Å². The van der Waals surface area contributed by atoms with Crippen molar-refractivity contribution >= 4 is 24.1 Å². The van der Waals surface area contributed by atoms with Crippen molar-refractivity contribution in [2.24, 2.45) is 0 Å². The Kier molecular flexibility index (Phi) is 6.54. The molecule has 0 aliphatic carbocycles. The molecule has 0 aromatic carbocycles. The number of hydrogen-bond donors (Lipinski definition) is 3. The number of nitrogens with one attached hydrogen (secondary N) is 2. The lowest BCUT2D eigenvalue weighted by atomic mass is 10.1. The van der Waals surface area contributed by atoms with Crippen LogP contribution in [-0.2, 0) is 19.2 Å². The SMILES string of the molecule is CC(=O)C(CCC(=O)O)NC(=O)C(C)NC=O. The molecule has 0 rings (SSSR count). The molecule has 0 aliphatic rings.